The van der Waals surface area contributed by atoms with E-state index in [9.17, 15) is 0 Å². The van der Waals surface area contributed by atoms with Crippen molar-refractivity contribution in [2.24, 2.45) is 5.92 Å². The Morgan fingerprint density at radius 3 is 2.56 bits per heavy atom. The van der Waals surface area contributed by atoms with Crippen LogP contribution in [0.5, 0.6) is 0 Å². The zero-order valence-corrected chi connectivity index (χ0v) is 12.2. The summed E-state index contributed by atoms with van der Waals surface area (Å²) in [7, 11) is 0. The number of pyridine rings is 1. The average Bonchev–Trinajstić information content (AvgIpc) is 2.34. The van der Waals surface area contributed by atoms with Crippen LogP contribution in [0.4, 0.5) is 0 Å². The van der Waals surface area contributed by atoms with Crippen LogP contribution in [0.1, 0.15) is 44.9 Å². The zero-order valence-electron chi connectivity index (χ0n) is 12.2. The predicted molar refractivity (Wildman–Crippen MR) is 75.6 cm³/mol. The Bertz CT molecular complexity index is 352. The monoisotopic (exact) mass is 250 g/mol. The van der Waals surface area contributed by atoms with E-state index in [2.05, 4.69) is 51.0 Å². The quantitative estimate of drug-likeness (QED) is 0.807. The van der Waals surface area contributed by atoms with Crippen LogP contribution in [0.2, 0.25) is 0 Å². The van der Waals surface area contributed by atoms with Gasteiger partial charge in [0.05, 0.1) is 12.1 Å². The summed E-state index contributed by atoms with van der Waals surface area (Å²) >= 11 is 0. The Balaban J connectivity index is 3.03. The van der Waals surface area contributed by atoms with E-state index in [0.29, 0.717) is 5.92 Å². The van der Waals surface area contributed by atoms with Crippen LogP contribution in [0.15, 0.2) is 18.5 Å². The lowest BCUT2D eigenvalue weighted by molar-refractivity contribution is 0.00295. The minimum absolute atomic E-state index is 0.179. The average molecular weight is 250 g/mol. The smallest absolute Gasteiger partial charge is 0.0793 e. The maximum absolute atomic E-state index is 5.94. The van der Waals surface area contributed by atoms with E-state index in [4.69, 9.17) is 4.74 Å². The molecule has 0 aliphatic heterocycles. The van der Waals surface area contributed by atoms with Gasteiger partial charge >= 0.3 is 0 Å². The van der Waals surface area contributed by atoms with E-state index in [1.54, 1.807) is 0 Å². The highest BCUT2D eigenvalue weighted by atomic mass is 16.5. The van der Waals surface area contributed by atoms with Crippen LogP contribution in [-0.2, 0) is 4.74 Å². The number of hydrogen-bond donors (Lipinski definition) is 1. The van der Waals surface area contributed by atoms with Gasteiger partial charge in [-0.15, -0.1) is 0 Å². The second kappa shape index (κ2) is 7.49. The van der Waals surface area contributed by atoms with Gasteiger partial charge < -0.3 is 10.1 Å². The summed E-state index contributed by atoms with van der Waals surface area (Å²) < 4.78 is 5.94. The van der Waals surface area contributed by atoms with Gasteiger partial charge in [0.2, 0.25) is 0 Å². The van der Waals surface area contributed by atoms with Crippen molar-refractivity contribution in [3.8, 4) is 0 Å². The minimum Gasteiger partial charge on any atom is -0.376 e. The molecule has 1 aromatic rings. The van der Waals surface area contributed by atoms with Gasteiger partial charge in [-0.2, -0.15) is 0 Å². The molecule has 0 aliphatic carbocycles. The van der Waals surface area contributed by atoms with Crippen molar-refractivity contribution in [2.75, 3.05) is 13.2 Å². The normalized spacial score (nSPS) is 14.8. The maximum atomic E-state index is 5.94. The molecule has 3 heteroatoms. The molecule has 2 unspecified atom stereocenters. The largest absolute Gasteiger partial charge is 0.376 e. The lowest BCUT2D eigenvalue weighted by Gasteiger charge is -2.31. The van der Waals surface area contributed by atoms with Gasteiger partial charge in [0.1, 0.15) is 0 Å². The molecule has 3 nitrogen and oxygen atoms in total. The Labute approximate surface area is 111 Å². The van der Waals surface area contributed by atoms with Crippen LogP contribution in [0.3, 0.4) is 0 Å². The van der Waals surface area contributed by atoms with Gasteiger partial charge in [0, 0.05) is 19.0 Å². The van der Waals surface area contributed by atoms with Crippen molar-refractivity contribution < 1.29 is 4.74 Å². The highest BCUT2D eigenvalue weighted by molar-refractivity contribution is 5.26. The summed E-state index contributed by atoms with van der Waals surface area (Å²) in [5, 5.41) is 3.54. The molecule has 0 fully saturated rings. The molecule has 1 heterocycles. The molecular formula is C15H26N2O. The third-order valence-corrected chi connectivity index (χ3v) is 3.18. The number of ether oxygens (including phenoxy) is 1. The SMILES string of the molecule is CCNC(c1cnccc1C)C(OCC)C(C)C. The Morgan fingerprint density at radius 1 is 1.33 bits per heavy atom. The number of likely N-dealkylation sites (N-methyl/N-ethyl adjacent to an activating group) is 1. The van der Waals surface area contributed by atoms with Crippen LogP contribution in [-0.4, -0.2) is 24.2 Å². The molecule has 0 spiro atoms. The molecule has 2 atom stereocenters. The van der Waals surface area contributed by atoms with Crippen molar-refractivity contribution in [2.45, 2.75) is 46.8 Å². The van der Waals surface area contributed by atoms with Crippen molar-refractivity contribution in [1.29, 1.82) is 0 Å². The first-order valence-electron chi connectivity index (χ1n) is 6.87. The lowest BCUT2D eigenvalue weighted by atomic mass is 9.92. The third kappa shape index (κ3) is 3.79. The summed E-state index contributed by atoms with van der Waals surface area (Å²) in [6, 6.07) is 2.27. The molecule has 1 N–H and O–H groups in total. The Kier molecular flexibility index (Phi) is 6.30. The first-order valence-corrected chi connectivity index (χ1v) is 6.87. The molecule has 1 rings (SSSR count). The molecule has 0 aliphatic rings. The highest BCUT2D eigenvalue weighted by Crippen LogP contribution is 2.26. The summed E-state index contributed by atoms with van der Waals surface area (Å²) in [6.45, 7) is 12.4. The standard InChI is InChI=1S/C15H26N2O/c1-6-17-14(15(11(3)4)18-7-2)13-10-16-9-8-12(13)5/h8-11,14-15,17H,6-7H2,1-5H3. The number of aryl methyl sites for hydroxylation is 1. The van der Waals surface area contributed by atoms with Gasteiger partial charge in [-0.05, 0) is 43.5 Å². The molecule has 0 radical (unpaired) electrons. The highest BCUT2D eigenvalue weighted by Gasteiger charge is 2.27. The second-order valence-corrected chi connectivity index (χ2v) is 4.93. The van der Waals surface area contributed by atoms with E-state index >= 15 is 0 Å². The molecule has 0 amide bonds. The summed E-state index contributed by atoms with van der Waals surface area (Å²) in [5.41, 5.74) is 2.51. The van der Waals surface area contributed by atoms with Crippen molar-refractivity contribution in [3.63, 3.8) is 0 Å². The number of hydrogen-bond acceptors (Lipinski definition) is 3. The second-order valence-electron chi connectivity index (χ2n) is 4.93. The van der Waals surface area contributed by atoms with E-state index in [1.165, 1.54) is 11.1 Å². The molecule has 0 saturated carbocycles. The van der Waals surface area contributed by atoms with E-state index in [1.807, 2.05) is 12.4 Å². The summed E-state index contributed by atoms with van der Waals surface area (Å²) in [5.74, 6) is 0.466. The van der Waals surface area contributed by atoms with E-state index in [-0.39, 0.29) is 12.1 Å². The number of nitrogens with one attached hydrogen (secondary N) is 1. The fourth-order valence-electron chi connectivity index (χ4n) is 2.29. The van der Waals surface area contributed by atoms with Crippen LogP contribution in [0.25, 0.3) is 0 Å². The maximum Gasteiger partial charge on any atom is 0.0793 e. The van der Waals surface area contributed by atoms with E-state index in [0.717, 1.165) is 13.2 Å². The first-order chi connectivity index (χ1) is 8.61. The first kappa shape index (κ1) is 15.1. The van der Waals surface area contributed by atoms with Gasteiger partial charge in [-0.25, -0.2) is 0 Å². The predicted octanol–water partition coefficient (Wildman–Crippen LogP) is 3.10. The molecule has 0 aromatic carbocycles. The molecule has 102 valence electrons. The molecular weight excluding hydrogens is 224 g/mol. The van der Waals surface area contributed by atoms with Crippen LogP contribution >= 0.6 is 0 Å². The van der Waals surface area contributed by atoms with Crippen LogP contribution < -0.4 is 5.32 Å². The summed E-state index contributed by atoms with van der Waals surface area (Å²) in [4.78, 5) is 4.25. The van der Waals surface area contributed by atoms with Crippen molar-refractivity contribution in [3.05, 3.63) is 29.6 Å². The van der Waals surface area contributed by atoms with Gasteiger partial charge in [-0.3, -0.25) is 4.98 Å². The van der Waals surface area contributed by atoms with Crippen molar-refractivity contribution in [1.82, 2.24) is 10.3 Å². The number of aromatic nitrogens is 1. The fraction of sp³-hybridized carbons (Fsp3) is 0.667. The van der Waals surface area contributed by atoms with Gasteiger partial charge in [-0.1, -0.05) is 20.8 Å². The fourth-order valence-corrected chi connectivity index (χ4v) is 2.29. The molecule has 18 heavy (non-hydrogen) atoms. The number of nitrogens with zero attached hydrogens (tertiary/aromatic N) is 1. The topological polar surface area (TPSA) is 34.2 Å². The van der Waals surface area contributed by atoms with Gasteiger partial charge in [0.15, 0.2) is 0 Å². The van der Waals surface area contributed by atoms with Crippen LogP contribution in [0, 0.1) is 12.8 Å². The molecule has 0 bridgehead atoms. The zero-order chi connectivity index (χ0) is 13.5. The number of rotatable bonds is 7. The van der Waals surface area contributed by atoms with E-state index < -0.39 is 0 Å². The Hall–Kier alpha value is -0.930. The Morgan fingerprint density at radius 2 is 2.06 bits per heavy atom. The molecule has 1 aromatic heterocycles. The van der Waals surface area contributed by atoms with Crippen molar-refractivity contribution >= 4 is 0 Å². The molecule has 0 saturated heterocycles. The summed E-state index contributed by atoms with van der Waals surface area (Å²) in [6.07, 6.45) is 3.97. The minimum atomic E-state index is 0.179. The lowest BCUT2D eigenvalue weighted by Crippen LogP contribution is -2.37. The van der Waals surface area contributed by atoms with Gasteiger partial charge in [0.25, 0.3) is 0 Å². The third-order valence-electron chi connectivity index (χ3n) is 3.18.